The Morgan fingerprint density at radius 2 is 1.67 bits per heavy atom. The van der Waals surface area contributed by atoms with Crippen molar-refractivity contribution >= 4 is 5.97 Å². The molecule has 0 spiro atoms. The van der Waals surface area contributed by atoms with Crippen molar-refractivity contribution in [3.63, 3.8) is 0 Å². The van der Waals surface area contributed by atoms with Crippen molar-refractivity contribution in [3.8, 4) is 0 Å². The van der Waals surface area contributed by atoms with E-state index >= 15 is 0 Å². The molecule has 6 aliphatic carbocycles. The summed E-state index contributed by atoms with van der Waals surface area (Å²) in [5, 5.41) is 0. The van der Waals surface area contributed by atoms with Gasteiger partial charge in [-0.15, -0.1) is 0 Å². The van der Waals surface area contributed by atoms with Gasteiger partial charge in [-0.2, -0.15) is 0 Å². The molecule has 0 aromatic carbocycles. The van der Waals surface area contributed by atoms with E-state index in [1.807, 2.05) is 0 Å². The highest BCUT2D eigenvalue weighted by Gasteiger charge is 2.60. The first-order chi connectivity index (χ1) is 18.7. The lowest BCUT2D eigenvalue weighted by molar-refractivity contribution is -0.169. The Morgan fingerprint density at radius 3 is 2.49 bits per heavy atom. The van der Waals surface area contributed by atoms with Crippen molar-refractivity contribution in [1.82, 2.24) is 0 Å². The van der Waals surface area contributed by atoms with Gasteiger partial charge in [-0.25, -0.2) is 0 Å². The van der Waals surface area contributed by atoms with Crippen LogP contribution in [0.5, 0.6) is 0 Å². The van der Waals surface area contributed by atoms with Crippen LogP contribution in [0.1, 0.15) is 137 Å². The molecule has 220 valence electrons. The quantitative estimate of drug-likeness (QED) is 0.239. The molecule has 0 saturated heterocycles. The predicted molar refractivity (Wildman–Crippen MR) is 161 cm³/mol. The summed E-state index contributed by atoms with van der Waals surface area (Å²) < 4.78 is 6.37. The summed E-state index contributed by atoms with van der Waals surface area (Å²) in [6.07, 6.45) is 26.1. The highest BCUT2D eigenvalue weighted by molar-refractivity contribution is 5.73. The average Bonchev–Trinajstić information content (AvgIpc) is 3.52. The molecule has 0 N–H and O–H groups in total. The zero-order valence-electron chi connectivity index (χ0n) is 26.1. The highest BCUT2D eigenvalue weighted by atomic mass is 16.5. The van der Waals surface area contributed by atoms with Crippen LogP contribution in [0.3, 0.4) is 0 Å². The Balaban J connectivity index is 1.07. The van der Waals surface area contributed by atoms with Gasteiger partial charge < -0.3 is 4.74 Å². The summed E-state index contributed by atoms with van der Waals surface area (Å²) in [4.78, 5) is 13.4. The van der Waals surface area contributed by atoms with Gasteiger partial charge >= 0.3 is 5.97 Å². The summed E-state index contributed by atoms with van der Waals surface area (Å²) in [6.45, 7) is 12.8. The largest absolute Gasteiger partial charge is 0.462 e. The van der Waals surface area contributed by atoms with Crippen molar-refractivity contribution in [2.24, 2.45) is 70.0 Å². The summed E-state index contributed by atoms with van der Waals surface area (Å²) >= 11 is 0. The van der Waals surface area contributed by atoms with Gasteiger partial charge in [0.1, 0.15) is 6.10 Å². The van der Waals surface area contributed by atoms with Crippen molar-refractivity contribution in [2.45, 2.75) is 143 Å². The van der Waals surface area contributed by atoms with Crippen molar-refractivity contribution in [1.29, 1.82) is 0 Å². The van der Waals surface area contributed by atoms with E-state index in [9.17, 15) is 4.79 Å². The van der Waals surface area contributed by atoms with E-state index in [2.05, 4.69) is 46.8 Å². The zero-order valence-corrected chi connectivity index (χ0v) is 26.1. The summed E-state index contributed by atoms with van der Waals surface area (Å²) in [6, 6.07) is 0. The second-order valence-electron chi connectivity index (χ2n) is 16.5. The number of allylic oxidation sites excluding steroid dienone is 2. The monoisotopic (exact) mass is 536 g/mol. The lowest BCUT2D eigenvalue weighted by Crippen LogP contribution is -2.54. The molecule has 0 aromatic rings. The van der Waals surface area contributed by atoms with E-state index in [0.717, 1.165) is 60.7 Å². The molecule has 0 bridgehead atoms. The summed E-state index contributed by atoms with van der Waals surface area (Å²) in [5.41, 5.74) is 1.05. The minimum atomic E-state index is 0.130. The number of hydrogen-bond acceptors (Lipinski definition) is 2. The zero-order chi connectivity index (χ0) is 27.4. The van der Waals surface area contributed by atoms with Gasteiger partial charge in [-0.1, -0.05) is 72.5 Å². The van der Waals surface area contributed by atoms with Gasteiger partial charge in [0.15, 0.2) is 0 Å². The number of hydrogen-bond donors (Lipinski definition) is 0. The fraction of sp³-hybridized carbons (Fsp3) is 0.919. The van der Waals surface area contributed by atoms with Crippen LogP contribution in [0, 0.1) is 70.0 Å². The molecule has 0 aliphatic heterocycles. The van der Waals surface area contributed by atoms with Crippen LogP contribution >= 0.6 is 0 Å². The lowest BCUT2D eigenvalue weighted by Gasteiger charge is -2.61. The molecule has 6 aliphatic rings. The molecule has 6 rings (SSSR count). The number of fused-ring (bicyclic) bond motifs is 6. The molecule has 5 fully saturated rings. The SMILES string of the molecule is CC(C)CCC[C@@H](C)[C@H]1CC[C@H]2[C@@H]3CCC4C[C@@H](OC(=O)[C@@H]5CC=C[C@@H]6CCC[C@H]65)CC[C@]4(C)[C@H]3CC[C@]12C. The maximum atomic E-state index is 13.4. The number of rotatable bonds is 7. The van der Waals surface area contributed by atoms with Crippen LogP contribution in [0.25, 0.3) is 0 Å². The minimum absolute atomic E-state index is 0.130. The first-order valence-corrected chi connectivity index (χ1v) is 17.6. The van der Waals surface area contributed by atoms with Gasteiger partial charge in [0.05, 0.1) is 5.92 Å². The molecule has 2 nitrogen and oxygen atoms in total. The Hall–Kier alpha value is -0.790. The minimum Gasteiger partial charge on any atom is -0.462 e. The van der Waals surface area contributed by atoms with Crippen LogP contribution in [0.15, 0.2) is 12.2 Å². The van der Waals surface area contributed by atoms with Crippen LogP contribution in [-0.2, 0) is 9.53 Å². The van der Waals surface area contributed by atoms with E-state index in [0.29, 0.717) is 22.7 Å². The first-order valence-electron chi connectivity index (χ1n) is 17.6. The third-order valence-corrected chi connectivity index (χ3v) is 14.3. The Kier molecular flexibility index (Phi) is 8.09. The molecule has 39 heavy (non-hydrogen) atoms. The summed E-state index contributed by atoms with van der Waals surface area (Å²) in [5.74, 6) is 7.72. The van der Waals surface area contributed by atoms with Gasteiger partial charge in [0.2, 0.25) is 0 Å². The molecule has 5 saturated carbocycles. The van der Waals surface area contributed by atoms with Gasteiger partial charge in [0, 0.05) is 0 Å². The molecule has 0 radical (unpaired) electrons. The van der Waals surface area contributed by atoms with Crippen molar-refractivity contribution in [2.75, 3.05) is 0 Å². The lowest BCUT2D eigenvalue weighted by atomic mass is 9.44. The normalized spacial score (nSPS) is 47.7. The highest BCUT2D eigenvalue weighted by Crippen LogP contribution is 2.68. The fourth-order valence-corrected chi connectivity index (χ4v) is 12.2. The van der Waals surface area contributed by atoms with Crippen LogP contribution in [0.4, 0.5) is 0 Å². The fourth-order valence-electron chi connectivity index (χ4n) is 12.2. The average molecular weight is 537 g/mol. The van der Waals surface area contributed by atoms with Crippen molar-refractivity contribution in [3.05, 3.63) is 12.2 Å². The van der Waals surface area contributed by atoms with Crippen LogP contribution in [-0.4, -0.2) is 12.1 Å². The third-order valence-electron chi connectivity index (χ3n) is 14.3. The number of ether oxygens (including phenoxy) is 1. The third kappa shape index (κ3) is 5.09. The van der Waals surface area contributed by atoms with E-state index in [-0.39, 0.29) is 18.0 Å². The first kappa shape index (κ1) is 28.3. The summed E-state index contributed by atoms with van der Waals surface area (Å²) in [7, 11) is 0. The van der Waals surface area contributed by atoms with Gasteiger partial charge in [0.25, 0.3) is 0 Å². The Bertz CT molecular complexity index is 905. The molecular formula is C37H60O2. The maximum absolute atomic E-state index is 13.4. The number of esters is 1. The Morgan fingerprint density at radius 1 is 0.872 bits per heavy atom. The molecular weight excluding hydrogens is 476 g/mol. The second-order valence-corrected chi connectivity index (χ2v) is 16.5. The van der Waals surface area contributed by atoms with Gasteiger partial charge in [-0.05, 0) is 141 Å². The number of carbonyl (C=O) groups excluding carboxylic acids is 1. The topological polar surface area (TPSA) is 26.3 Å². The molecule has 0 heterocycles. The molecule has 12 atom stereocenters. The second kappa shape index (κ2) is 11.1. The smallest absolute Gasteiger partial charge is 0.309 e. The van der Waals surface area contributed by atoms with E-state index in [1.54, 1.807) is 0 Å². The molecule has 2 heteroatoms. The van der Waals surface area contributed by atoms with E-state index < -0.39 is 0 Å². The predicted octanol–water partition coefficient (Wildman–Crippen LogP) is 10.0. The molecule has 1 unspecified atom stereocenters. The molecule has 0 amide bonds. The standard InChI is InChI=1S/C37H60O2/c1-24(2)9-6-10-25(3)32-17-18-33-31-16-15-27-23-28(19-21-36(27,4)34(31)20-22-37(32,33)5)39-35(38)30-14-8-12-26-11-7-13-29(26)30/h8,12,24-34H,6-7,9-11,13-23H2,1-5H3/t25-,26+,27?,28+,29-,30-,31+,32-,33+,34+,36+,37-/m1/s1. The van der Waals surface area contributed by atoms with Crippen LogP contribution in [0.2, 0.25) is 0 Å². The van der Waals surface area contributed by atoms with Gasteiger partial charge in [-0.3, -0.25) is 4.79 Å². The van der Waals surface area contributed by atoms with E-state index in [1.165, 1.54) is 83.5 Å². The van der Waals surface area contributed by atoms with E-state index in [4.69, 9.17) is 4.74 Å². The Labute approximate surface area is 240 Å². The molecule has 0 aromatic heterocycles. The van der Waals surface area contributed by atoms with Crippen LogP contribution < -0.4 is 0 Å². The number of carbonyl (C=O) groups is 1. The maximum Gasteiger partial charge on any atom is 0.309 e. The van der Waals surface area contributed by atoms with Crippen molar-refractivity contribution < 1.29 is 9.53 Å².